The van der Waals surface area contributed by atoms with Gasteiger partial charge in [0.2, 0.25) is 10.0 Å². The summed E-state index contributed by atoms with van der Waals surface area (Å²) in [7, 11) is -2.49. The highest BCUT2D eigenvalue weighted by atomic mass is 32.2. The van der Waals surface area contributed by atoms with Crippen molar-refractivity contribution in [1.29, 1.82) is 5.26 Å². The summed E-state index contributed by atoms with van der Waals surface area (Å²) < 4.78 is 27.2. The number of hydrogen-bond acceptors (Lipinski definition) is 5. The van der Waals surface area contributed by atoms with Crippen LogP contribution in [0.1, 0.15) is 24.1 Å². The third kappa shape index (κ3) is 3.40. The van der Waals surface area contributed by atoms with E-state index in [0.29, 0.717) is 11.1 Å². The van der Waals surface area contributed by atoms with Gasteiger partial charge in [-0.2, -0.15) is 9.57 Å². The van der Waals surface area contributed by atoms with Crippen molar-refractivity contribution in [3.05, 3.63) is 74.4 Å². The van der Waals surface area contributed by atoms with Gasteiger partial charge in [-0.15, -0.1) is 0 Å². The van der Waals surface area contributed by atoms with Crippen molar-refractivity contribution in [2.75, 3.05) is 7.05 Å². The Hall–Kier alpha value is -3.22. The second-order valence-corrected chi connectivity index (χ2v) is 8.05. The molecule has 138 valence electrons. The fourth-order valence-corrected chi connectivity index (χ4v) is 4.13. The molecule has 0 aliphatic heterocycles. The predicted molar refractivity (Wildman–Crippen MR) is 99.7 cm³/mol. The van der Waals surface area contributed by atoms with E-state index < -0.39 is 27.3 Å². The molecule has 0 aliphatic rings. The lowest BCUT2D eigenvalue weighted by atomic mass is 10.1. The van der Waals surface area contributed by atoms with Crippen LogP contribution in [0.15, 0.2) is 56.9 Å². The molecule has 2 aromatic carbocycles. The first kappa shape index (κ1) is 18.6. The molecule has 2 N–H and O–H groups in total. The number of fused-ring (bicyclic) bond motifs is 1. The van der Waals surface area contributed by atoms with Crippen LogP contribution in [0.5, 0.6) is 0 Å². The molecule has 0 amide bonds. The third-order valence-electron chi connectivity index (χ3n) is 4.43. The van der Waals surface area contributed by atoms with Gasteiger partial charge >= 0.3 is 5.69 Å². The van der Waals surface area contributed by atoms with E-state index in [4.69, 9.17) is 5.26 Å². The fraction of sp³-hybridized carbons (Fsp3) is 0.167. The van der Waals surface area contributed by atoms with Gasteiger partial charge in [-0.25, -0.2) is 13.2 Å². The molecule has 0 saturated carbocycles. The van der Waals surface area contributed by atoms with Crippen molar-refractivity contribution >= 4 is 20.9 Å². The molecule has 0 spiro atoms. The Morgan fingerprint density at radius 3 is 2.56 bits per heavy atom. The normalized spacial score (nSPS) is 12.8. The maximum Gasteiger partial charge on any atom is 0.326 e. The van der Waals surface area contributed by atoms with Crippen molar-refractivity contribution in [3.8, 4) is 6.07 Å². The Balaban J connectivity index is 2.05. The van der Waals surface area contributed by atoms with E-state index in [1.807, 2.05) is 6.07 Å². The van der Waals surface area contributed by atoms with Gasteiger partial charge < -0.3 is 4.98 Å². The molecule has 1 heterocycles. The molecule has 3 rings (SSSR count). The average molecular weight is 384 g/mol. The Morgan fingerprint density at radius 1 is 1.11 bits per heavy atom. The molecule has 1 atom stereocenters. The Bertz CT molecular complexity index is 1280. The summed E-state index contributed by atoms with van der Waals surface area (Å²) in [4.78, 5) is 27.7. The molecule has 27 heavy (non-hydrogen) atoms. The molecular weight excluding hydrogens is 368 g/mol. The van der Waals surface area contributed by atoms with Crippen LogP contribution >= 0.6 is 0 Å². The first-order valence-electron chi connectivity index (χ1n) is 7.98. The SMILES string of the molecule is CC(c1cccc(C#N)c1)N(C)S(=O)(=O)c1ccc2[nH]c(=O)[nH]c(=O)c2c1. The van der Waals surface area contributed by atoms with Crippen molar-refractivity contribution in [2.24, 2.45) is 0 Å². The van der Waals surface area contributed by atoms with E-state index >= 15 is 0 Å². The molecule has 0 fully saturated rings. The third-order valence-corrected chi connectivity index (χ3v) is 6.36. The first-order valence-corrected chi connectivity index (χ1v) is 9.42. The lowest BCUT2D eigenvalue weighted by Crippen LogP contribution is -2.30. The molecule has 0 radical (unpaired) electrons. The number of nitrogens with zero attached hydrogens (tertiary/aromatic N) is 2. The van der Waals surface area contributed by atoms with Gasteiger partial charge in [0.1, 0.15) is 0 Å². The highest BCUT2D eigenvalue weighted by Gasteiger charge is 2.27. The summed E-state index contributed by atoms with van der Waals surface area (Å²) in [5.41, 5.74) is 0.0315. The quantitative estimate of drug-likeness (QED) is 0.704. The standard InChI is InChI=1S/C18H16N4O4S/c1-11(13-5-3-4-12(8-13)10-19)22(2)27(25,26)14-6-7-16-15(9-14)17(23)21-18(24)20-16/h3-9,11H,1-2H3,(H2,20,21,23,24). The van der Waals surface area contributed by atoms with E-state index in [1.165, 1.54) is 29.6 Å². The molecule has 1 unspecified atom stereocenters. The van der Waals surface area contributed by atoms with Crippen molar-refractivity contribution < 1.29 is 8.42 Å². The molecule has 9 heteroatoms. The largest absolute Gasteiger partial charge is 0.326 e. The lowest BCUT2D eigenvalue weighted by Gasteiger charge is -2.25. The van der Waals surface area contributed by atoms with Crippen LogP contribution in [0.4, 0.5) is 0 Å². The number of rotatable bonds is 4. The number of aromatic nitrogens is 2. The first-order chi connectivity index (χ1) is 12.7. The second kappa shape index (κ2) is 6.83. The zero-order chi connectivity index (χ0) is 19.8. The highest BCUT2D eigenvalue weighted by Crippen LogP contribution is 2.27. The molecule has 3 aromatic rings. The minimum absolute atomic E-state index is 0.0710. The summed E-state index contributed by atoms with van der Waals surface area (Å²) in [6.07, 6.45) is 0. The maximum atomic E-state index is 13.0. The van der Waals surface area contributed by atoms with Gasteiger partial charge in [0.25, 0.3) is 5.56 Å². The Kier molecular flexibility index (Phi) is 4.70. The predicted octanol–water partition coefficient (Wildman–Crippen LogP) is 1.47. The number of sulfonamides is 1. The van der Waals surface area contributed by atoms with Crippen molar-refractivity contribution in [3.63, 3.8) is 0 Å². The highest BCUT2D eigenvalue weighted by molar-refractivity contribution is 7.89. The molecule has 0 bridgehead atoms. The summed E-state index contributed by atoms with van der Waals surface area (Å²) in [5.74, 6) is 0. The minimum Gasteiger partial charge on any atom is -0.307 e. The number of benzene rings is 2. The topological polar surface area (TPSA) is 127 Å². The van der Waals surface area contributed by atoms with Crippen LogP contribution in [-0.4, -0.2) is 29.7 Å². The van der Waals surface area contributed by atoms with E-state index in [1.54, 1.807) is 31.2 Å². The van der Waals surface area contributed by atoms with E-state index in [-0.39, 0.29) is 15.8 Å². The number of hydrogen-bond donors (Lipinski definition) is 2. The molecule has 0 saturated heterocycles. The minimum atomic E-state index is -3.92. The maximum absolute atomic E-state index is 13.0. The summed E-state index contributed by atoms with van der Waals surface area (Å²) >= 11 is 0. The summed E-state index contributed by atoms with van der Waals surface area (Å²) in [5, 5.41) is 9.10. The van der Waals surface area contributed by atoms with Crippen molar-refractivity contribution in [1.82, 2.24) is 14.3 Å². The zero-order valence-corrected chi connectivity index (χ0v) is 15.4. The van der Waals surface area contributed by atoms with Gasteiger partial charge in [-0.1, -0.05) is 12.1 Å². The Labute approximate surface area is 154 Å². The summed E-state index contributed by atoms with van der Waals surface area (Å²) in [6.45, 7) is 1.71. The Morgan fingerprint density at radius 2 is 1.85 bits per heavy atom. The number of nitrogens with one attached hydrogen (secondary N) is 2. The molecule has 8 nitrogen and oxygen atoms in total. The van der Waals surface area contributed by atoms with Crippen molar-refractivity contribution in [2.45, 2.75) is 17.9 Å². The average Bonchev–Trinajstić information content (AvgIpc) is 2.66. The van der Waals surface area contributed by atoms with Gasteiger partial charge in [-0.3, -0.25) is 9.78 Å². The van der Waals surface area contributed by atoms with Crippen LogP contribution < -0.4 is 11.2 Å². The van der Waals surface area contributed by atoms with Gasteiger partial charge in [0.05, 0.1) is 27.4 Å². The van der Waals surface area contributed by atoms with Gasteiger partial charge in [-0.05, 0) is 42.8 Å². The van der Waals surface area contributed by atoms with Crippen LogP contribution in [0.25, 0.3) is 10.9 Å². The van der Waals surface area contributed by atoms with E-state index in [2.05, 4.69) is 9.97 Å². The number of H-pyrrole nitrogens is 2. The monoisotopic (exact) mass is 384 g/mol. The van der Waals surface area contributed by atoms with E-state index in [0.717, 1.165) is 0 Å². The van der Waals surface area contributed by atoms with Crippen LogP contribution in [0.3, 0.4) is 0 Å². The smallest absolute Gasteiger partial charge is 0.307 e. The number of aromatic amines is 2. The van der Waals surface area contributed by atoms with Crippen LogP contribution in [0.2, 0.25) is 0 Å². The molecule has 1 aromatic heterocycles. The van der Waals surface area contributed by atoms with Crippen LogP contribution in [-0.2, 0) is 10.0 Å². The molecular formula is C18H16N4O4S. The fourth-order valence-electron chi connectivity index (χ4n) is 2.76. The van der Waals surface area contributed by atoms with Gasteiger partial charge in [0.15, 0.2) is 0 Å². The van der Waals surface area contributed by atoms with E-state index in [9.17, 15) is 18.0 Å². The number of nitriles is 1. The second-order valence-electron chi connectivity index (χ2n) is 6.05. The van der Waals surface area contributed by atoms with Gasteiger partial charge in [0, 0.05) is 13.1 Å². The zero-order valence-electron chi connectivity index (χ0n) is 14.6. The van der Waals surface area contributed by atoms with Crippen LogP contribution in [0, 0.1) is 11.3 Å². The summed E-state index contributed by atoms with van der Waals surface area (Å²) in [6, 6.07) is 12.1. The molecule has 0 aliphatic carbocycles. The lowest BCUT2D eigenvalue weighted by molar-refractivity contribution is 0.398.